The molecule has 17 heavy (non-hydrogen) atoms. The third kappa shape index (κ3) is 9.58. The van der Waals surface area contributed by atoms with Crippen LogP contribution in [0.15, 0.2) is 0 Å². The van der Waals surface area contributed by atoms with Crippen LogP contribution in [-0.2, 0) is 14.3 Å². The number of nitrogens with one attached hydrogen (secondary N) is 2. The second-order valence-corrected chi connectivity index (χ2v) is 3.41. The molecular formula is C10H20N2O5. The third-order valence-corrected chi connectivity index (χ3v) is 1.95. The third-order valence-electron chi connectivity index (χ3n) is 1.95. The van der Waals surface area contributed by atoms with E-state index in [-0.39, 0.29) is 31.8 Å². The summed E-state index contributed by atoms with van der Waals surface area (Å²) in [6, 6.07) is -0.340. The van der Waals surface area contributed by atoms with E-state index in [0.29, 0.717) is 6.61 Å². The van der Waals surface area contributed by atoms with E-state index in [1.807, 2.05) is 6.92 Å². The van der Waals surface area contributed by atoms with Crippen molar-refractivity contribution in [1.29, 1.82) is 0 Å². The average molecular weight is 248 g/mol. The van der Waals surface area contributed by atoms with E-state index >= 15 is 0 Å². The summed E-state index contributed by atoms with van der Waals surface area (Å²) in [7, 11) is 1.57. The SMILES string of the molecule is CCC(COC)NC(=O)NCCOCC(=O)O. The van der Waals surface area contributed by atoms with Crippen LogP contribution in [0.3, 0.4) is 0 Å². The Kier molecular flexibility index (Phi) is 9.08. The molecular weight excluding hydrogens is 228 g/mol. The number of carbonyl (C=O) groups excluding carboxylic acids is 1. The van der Waals surface area contributed by atoms with Crippen LogP contribution in [0.4, 0.5) is 4.79 Å². The smallest absolute Gasteiger partial charge is 0.329 e. The van der Waals surface area contributed by atoms with Gasteiger partial charge in [0.2, 0.25) is 0 Å². The molecule has 3 N–H and O–H groups in total. The van der Waals surface area contributed by atoms with Crippen molar-refractivity contribution in [2.24, 2.45) is 0 Å². The molecule has 0 radical (unpaired) electrons. The Balaban J connectivity index is 3.54. The van der Waals surface area contributed by atoms with Crippen LogP contribution in [0.25, 0.3) is 0 Å². The number of carbonyl (C=O) groups is 2. The molecule has 0 fully saturated rings. The zero-order valence-corrected chi connectivity index (χ0v) is 10.2. The molecule has 0 aliphatic carbocycles. The summed E-state index contributed by atoms with van der Waals surface area (Å²) in [5.41, 5.74) is 0. The van der Waals surface area contributed by atoms with Gasteiger partial charge >= 0.3 is 12.0 Å². The highest BCUT2D eigenvalue weighted by Crippen LogP contribution is 1.90. The van der Waals surface area contributed by atoms with Crippen LogP contribution in [0.1, 0.15) is 13.3 Å². The van der Waals surface area contributed by atoms with Crippen molar-refractivity contribution in [2.45, 2.75) is 19.4 Å². The maximum atomic E-state index is 11.3. The number of aliphatic carboxylic acids is 1. The maximum Gasteiger partial charge on any atom is 0.329 e. The highest BCUT2D eigenvalue weighted by molar-refractivity contribution is 5.74. The Morgan fingerprint density at radius 2 is 2.12 bits per heavy atom. The van der Waals surface area contributed by atoms with Gasteiger partial charge in [-0.3, -0.25) is 0 Å². The fraction of sp³-hybridized carbons (Fsp3) is 0.800. The second-order valence-electron chi connectivity index (χ2n) is 3.41. The number of carboxylic acid groups (broad SMARTS) is 1. The lowest BCUT2D eigenvalue weighted by Crippen LogP contribution is -2.44. The summed E-state index contributed by atoms with van der Waals surface area (Å²) in [6.45, 7) is 2.48. The number of amides is 2. The molecule has 0 aliphatic heterocycles. The van der Waals surface area contributed by atoms with Crippen LogP contribution in [-0.4, -0.2) is 56.6 Å². The lowest BCUT2D eigenvalue weighted by molar-refractivity contribution is -0.142. The largest absolute Gasteiger partial charge is 0.480 e. The van der Waals surface area contributed by atoms with Gasteiger partial charge in [-0.1, -0.05) is 6.92 Å². The van der Waals surface area contributed by atoms with Crippen molar-refractivity contribution < 1.29 is 24.2 Å². The van der Waals surface area contributed by atoms with E-state index in [1.165, 1.54) is 0 Å². The van der Waals surface area contributed by atoms with Gasteiger partial charge in [0.15, 0.2) is 0 Å². The first kappa shape index (κ1) is 15.7. The first-order valence-corrected chi connectivity index (χ1v) is 5.43. The molecule has 0 bridgehead atoms. The van der Waals surface area contributed by atoms with Gasteiger partial charge in [-0.15, -0.1) is 0 Å². The van der Waals surface area contributed by atoms with E-state index in [2.05, 4.69) is 10.6 Å². The lowest BCUT2D eigenvalue weighted by Gasteiger charge is -2.16. The average Bonchev–Trinajstić information content (AvgIpc) is 2.27. The number of hydrogen-bond acceptors (Lipinski definition) is 4. The molecule has 0 heterocycles. The van der Waals surface area contributed by atoms with Crippen LogP contribution < -0.4 is 10.6 Å². The molecule has 7 heteroatoms. The summed E-state index contributed by atoms with van der Waals surface area (Å²) in [5, 5.41) is 13.6. The Morgan fingerprint density at radius 1 is 1.41 bits per heavy atom. The Hall–Kier alpha value is -1.34. The first-order valence-electron chi connectivity index (χ1n) is 5.43. The highest BCUT2D eigenvalue weighted by Gasteiger charge is 2.08. The van der Waals surface area contributed by atoms with Gasteiger partial charge in [-0.25, -0.2) is 9.59 Å². The number of ether oxygens (including phenoxy) is 2. The summed E-state index contributed by atoms with van der Waals surface area (Å²) in [4.78, 5) is 21.4. The van der Waals surface area contributed by atoms with Gasteiger partial charge in [0.05, 0.1) is 19.3 Å². The zero-order chi connectivity index (χ0) is 13.1. The second kappa shape index (κ2) is 9.86. The highest BCUT2D eigenvalue weighted by atomic mass is 16.5. The molecule has 0 aliphatic rings. The zero-order valence-electron chi connectivity index (χ0n) is 10.2. The van der Waals surface area contributed by atoms with Crippen molar-refractivity contribution in [3.8, 4) is 0 Å². The summed E-state index contributed by atoms with van der Waals surface area (Å²) in [6.07, 6.45) is 0.775. The van der Waals surface area contributed by atoms with E-state index in [0.717, 1.165) is 6.42 Å². The van der Waals surface area contributed by atoms with Crippen molar-refractivity contribution >= 4 is 12.0 Å². The van der Waals surface area contributed by atoms with E-state index in [9.17, 15) is 9.59 Å². The van der Waals surface area contributed by atoms with Gasteiger partial charge in [-0.05, 0) is 6.42 Å². The normalized spacial score (nSPS) is 11.9. The number of methoxy groups -OCH3 is 1. The standard InChI is InChI=1S/C10H20N2O5/c1-3-8(6-16-2)12-10(15)11-4-5-17-7-9(13)14/h8H,3-7H2,1-2H3,(H,13,14)(H2,11,12,15). The monoisotopic (exact) mass is 248 g/mol. The minimum atomic E-state index is -1.03. The molecule has 0 saturated heterocycles. The number of urea groups is 1. The van der Waals surface area contributed by atoms with Gasteiger partial charge in [0.25, 0.3) is 0 Å². The molecule has 0 spiro atoms. The minimum absolute atomic E-state index is 0.0278. The van der Waals surface area contributed by atoms with E-state index < -0.39 is 5.97 Å². The summed E-state index contributed by atoms with van der Waals surface area (Å²) < 4.78 is 9.69. The number of hydrogen-bond donors (Lipinski definition) is 3. The van der Waals surface area contributed by atoms with Gasteiger partial charge < -0.3 is 25.2 Å². The molecule has 0 rings (SSSR count). The predicted molar refractivity (Wildman–Crippen MR) is 60.9 cm³/mol. The summed E-state index contributed by atoms with van der Waals surface area (Å²) in [5.74, 6) is -1.03. The van der Waals surface area contributed by atoms with Gasteiger partial charge in [-0.2, -0.15) is 0 Å². The van der Waals surface area contributed by atoms with Crippen LogP contribution in [0.5, 0.6) is 0 Å². The van der Waals surface area contributed by atoms with E-state index in [4.69, 9.17) is 14.6 Å². The predicted octanol–water partition coefficient (Wildman–Crippen LogP) is -0.188. The van der Waals surface area contributed by atoms with Gasteiger partial charge in [0, 0.05) is 13.7 Å². The van der Waals surface area contributed by atoms with Crippen molar-refractivity contribution in [1.82, 2.24) is 10.6 Å². The molecule has 1 atom stereocenters. The molecule has 0 aromatic heterocycles. The van der Waals surface area contributed by atoms with Crippen molar-refractivity contribution in [3.63, 3.8) is 0 Å². The summed E-state index contributed by atoms with van der Waals surface area (Å²) >= 11 is 0. The van der Waals surface area contributed by atoms with Crippen molar-refractivity contribution in [3.05, 3.63) is 0 Å². The van der Waals surface area contributed by atoms with Gasteiger partial charge in [0.1, 0.15) is 6.61 Å². The fourth-order valence-electron chi connectivity index (χ4n) is 1.10. The molecule has 2 amide bonds. The maximum absolute atomic E-state index is 11.3. The van der Waals surface area contributed by atoms with Crippen molar-refractivity contribution in [2.75, 3.05) is 33.5 Å². The lowest BCUT2D eigenvalue weighted by atomic mass is 10.2. The Labute approximate surface area is 100 Å². The molecule has 0 aromatic carbocycles. The molecule has 1 unspecified atom stereocenters. The molecule has 0 aromatic rings. The quantitative estimate of drug-likeness (QED) is 0.491. The number of rotatable bonds is 9. The van der Waals surface area contributed by atoms with E-state index in [1.54, 1.807) is 7.11 Å². The fourth-order valence-corrected chi connectivity index (χ4v) is 1.10. The van der Waals surface area contributed by atoms with Crippen LogP contribution >= 0.6 is 0 Å². The Morgan fingerprint density at radius 3 is 2.65 bits per heavy atom. The molecule has 7 nitrogen and oxygen atoms in total. The van der Waals surface area contributed by atoms with Crippen LogP contribution in [0, 0.1) is 0 Å². The molecule has 0 saturated carbocycles. The van der Waals surface area contributed by atoms with Crippen LogP contribution in [0.2, 0.25) is 0 Å². The Bertz CT molecular complexity index is 235. The minimum Gasteiger partial charge on any atom is -0.480 e. The number of carboxylic acids is 1. The molecule has 100 valence electrons. The first-order chi connectivity index (χ1) is 8.10. The topological polar surface area (TPSA) is 96.9 Å².